The van der Waals surface area contributed by atoms with Crippen LogP contribution in [0, 0.1) is 0 Å². The molecule has 0 fully saturated rings. The van der Waals surface area contributed by atoms with Crippen LogP contribution in [0.2, 0.25) is 0 Å². The van der Waals surface area contributed by atoms with Gasteiger partial charge in [-0.2, -0.15) is 0 Å². The first-order chi connectivity index (χ1) is 7.60. The van der Waals surface area contributed by atoms with Crippen molar-refractivity contribution in [2.45, 2.75) is 33.3 Å². The van der Waals surface area contributed by atoms with Gasteiger partial charge in [0.1, 0.15) is 18.6 Å². The quantitative estimate of drug-likeness (QED) is 0.363. The molecule has 4 heteroatoms. The molecule has 0 heterocycles. The van der Waals surface area contributed by atoms with Crippen LogP contribution in [0.3, 0.4) is 0 Å². The molecule has 1 atom stereocenters. The normalized spacial score (nSPS) is 13.1. The highest BCUT2D eigenvalue weighted by Gasteiger charge is 2.02. The van der Waals surface area contributed by atoms with E-state index >= 15 is 0 Å². The van der Waals surface area contributed by atoms with Crippen LogP contribution >= 0.6 is 0 Å². The van der Waals surface area contributed by atoms with E-state index in [1.54, 1.807) is 6.92 Å². The largest absolute Gasteiger partial charge is 0.492 e. The fourth-order valence-corrected chi connectivity index (χ4v) is 0.839. The average molecular weight is 228 g/mol. The van der Waals surface area contributed by atoms with Crippen molar-refractivity contribution in [3.63, 3.8) is 0 Å². The van der Waals surface area contributed by atoms with Gasteiger partial charge in [0.2, 0.25) is 0 Å². The summed E-state index contributed by atoms with van der Waals surface area (Å²) in [4.78, 5) is 10.7. The Bertz CT molecular complexity index is 245. The molecule has 0 saturated carbocycles. The number of hydrogen-bond donors (Lipinski definition) is 0. The summed E-state index contributed by atoms with van der Waals surface area (Å²) in [6.45, 7) is 10.1. The molecule has 92 valence electrons. The molecule has 0 bridgehead atoms. The van der Waals surface area contributed by atoms with E-state index in [0.717, 1.165) is 19.1 Å². The Morgan fingerprint density at radius 2 is 2.19 bits per heavy atom. The van der Waals surface area contributed by atoms with Gasteiger partial charge in [-0.1, -0.05) is 13.5 Å². The van der Waals surface area contributed by atoms with E-state index in [9.17, 15) is 4.79 Å². The van der Waals surface area contributed by atoms with Crippen molar-refractivity contribution in [3.8, 4) is 0 Å². The van der Waals surface area contributed by atoms with Gasteiger partial charge < -0.3 is 14.2 Å². The molecule has 0 aliphatic carbocycles. The van der Waals surface area contributed by atoms with Crippen LogP contribution in [0.25, 0.3) is 0 Å². The summed E-state index contributed by atoms with van der Waals surface area (Å²) in [5.41, 5.74) is 0. The first-order valence-corrected chi connectivity index (χ1v) is 5.34. The monoisotopic (exact) mass is 228 g/mol. The Hall–Kier alpha value is -1.29. The van der Waals surface area contributed by atoms with Crippen molar-refractivity contribution in [1.29, 1.82) is 0 Å². The number of allylic oxidation sites excluding steroid dienone is 1. The maximum Gasteiger partial charge on any atom is 0.335 e. The molecule has 16 heavy (non-hydrogen) atoms. The van der Waals surface area contributed by atoms with Crippen LogP contribution in [0.4, 0.5) is 0 Å². The topological polar surface area (TPSA) is 44.8 Å². The predicted octanol–water partition coefficient (Wildman–Crippen LogP) is 2.41. The summed E-state index contributed by atoms with van der Waals surface area (Å²) in [6, 6.07) is 0. The van der Waals surface area contributed by atoms with E-state index in [0.29, 0.717) is 12.4 Å². The summed E-state index contributed by atoms with van der Waals surface area (Å²) in [6.07, 6.45) is 3.36. The fourth-order valence-electron chi connectivity index (χ4n) is 0.839. The second-order valence-electron chi connectivity index (χ2n) is 3.36. The number of rotatable bonds is 8. The number of carbonyl (C=O) groups is 1. The molecule has 0 aromatic carbocycles. The third-order valence-electron chi connectivity index (χ3n) is 1.66. The standard InChI is InChI=1S/C12H20O4/c1-5-7-14-10(3)8-15-11(4)9-16-12(13)6-2/h6,9-10H,2,5,7-8H2,1,3-4H3. The van der Waals surface area contributed by atoms with Crippen LogP contribution in [-0.4, -0.2) is 25.3 Å². The zero-order valence-electron chi connectivity index (χ0n) is 10.2. The van der Waals surface area contributed by atoms with E-state index in [-0.39, 0.29) is 6.10 Å². The molecule has 0 spiro atoms. The van der Waals surface area contributed by atoms with Crippen molar-refractivity contribution < 1.29 is 19.0 Å². The molecule has 0 amide bonds. The molecule has 0 saturated heterocycles. The fraction of sp³-hybridized carbons (Fsp3) is 0.583. The third-order valence-corrected chi connectivity index (χ3v) is 1.66. The highest BCUT2D eigenvalue weighted by molar-refractivity contribution is 5.81. The second-order valence-corrected chi connectivity index (χ2v) is 3.36. The molecule has 0 N–H and O–H groups in total. The number of carbonyl (C=O) groups excluding carboxylic acids is 1. The minimum absolute atomic E-state index is 0.0263. The Morgan fingerprint density at radius 3 is 2.75 bits per heavy atom. The number of esters is 1. The minimum Gasteiger partial charge on any atom is -0.492 e. The second kappa shape index (κ2) is 8.97. The maximum absolute atomic E-state index is 10.7. The van der Waals surface area contributed by atoms with Crippen molar-refractivity contribution in [2.24, 2.45) is 0 Å². The van der Waals surface area contributed by atoms with Crippen LogP contribution in [-0.2, 0) is 19.0 Å². The molecule has 4 nitrogen and oxygen atoms in total. The van der Waals surface area contributed by atoms with E-state index in [2.05, 4.69) is 11.3 Å². The van der Waals surface area contributed by atoms with Crippen LogP contribution in [0.5, 0.6) is 0 Å². The third kappa shape index (κ3) is 8.05. The van der Waals surface area contributed by atoms with Crippen molar-refractivity contribution >= 4 is 5.97 Å². The zero-order chi connectivity index (χ0) is 12.4. The Kier molecular flexibility index (Phi) is 8.25. The Labute approximate surface area is 96.9 Å². The zero-order valence-corrected chi connectivity index (χ0v) is 10.2. The van der Waals surface area contributed by atoms with Gasteiger partial charge in [0.25, 0.3) is 0 Å². The predicted molar refractivity (Wildman–Crippen MR) is 61.7 cm³/mol. The van der Waals surface area contributed by atoms with Crippen LogP contribution < -0.4 is 0 Å². The van der Waals surface area contributed by atoms with Gasteiger partial charge in [-0.15, -0.1) is 0 Å². The first-order valence-electron chi connectivity index (χ1n) is 5.34. The summed E-state index contributed by atoms with van der Waals surface area (Å²) in [5, 5.41) is 0. The lowest BCUT2D eigenvalue weighted by atomic mass is 10.4. The van der Waals surface area contributed by atoms with E-state index in [1.807, 2.05) is 13.8 Å². The molecule has 0 rings (SSSR count). The van der Waals surface area contributed by atoms with Crippen molar-refractivity contribution in [3.05, 3.63) is 24.7 Å². The SMILES string of the molecule is C=CC(=O)OC=C(C)OCC(C)OCCC. The van der Waals surface area contributed by atoms with Gasteiger partial charge >= 0.3 is 5.97 Å². The Balaban J connectivity index is 3.74. The van der Waals surface area contributed by atoms with E-state index in [1.165, 1.54) is 6.26 Å². The lowest BCUT2D eigenvalue weighted by molar-refractivity contribution is -0.132. The van der Waals surface area contributed by atoms with Crippen LogP contribution in [0.1, 0.15) is 27.2 Å². The van der Waals surface area contributed by atoms with Crippen molar-refractivity contribution in [2.75, 3.05) is 13.2 Å². The molecular weight excluding hydrogens is 208 g/mol. The number of hydrogen-bond acceptors (Lipinski definition) is 4. The van der Waals surface area contributed by atoms with E-state index in [4.69, 9.17) is 9.47 Å². The molecule has 0 radical (unpaired) electrons. The molecule has 0 aromatic heterocycles. The van der Waals surface area contributed by atoms with Crippen molar-refractivity contribution in [1.82, 2.24) is 0 Å². The van der Waals surface area contributed by atoms with Crippen LogP contribution in [0.15, 0.2) is 24.7 Å². The summed E-state index contributed by atoms with van der Waals surface area (Å²) in [7, 11) is 0. The maximum atomic E-state index is 10.7. The smallest absolute Gasteiger partial charge is 0.335 e. The lowest BCUT2D eigenvalue weighted by Gasteiger charge is -2.13. The molecule has 0 aliphatic rings. The molecular formula is C12H20O4. The number of ether oxygens (including phenoxy) is 3. The van der Waals surface area contributed by atoms with E-state index < -0.39 is 5.97 Å². The molecule has 0 aromatic rings. The van der Waals surface area contributed by atoms with Gasteiger partial charge in [0.15, 0.2) is 0 Å². The highest BCUT2D eigenvalue weighted by Crippen LogP contribution is 2.01. The summed E-state index contributed by atoms with van der Waals surface area (Å²) >= 11 is 0. The van der Waals surface area contributed by atoms with Gasteiger partial charge in [-0.3, -0.25) is 0 Å². The summed E-state index contributed by atoms with van der Waals surface area (Å²) in [5.74, 6) is 0.0281. The van der Waals surface area contributed by atoms with Gasteiger partial charge in [-0.25, -0.2) is 4.79 Å². The summed E-state index contributed by atoms with van der Waals surface area (Å²) < 4.78 is 15.4. The van der Waals surface area contributed by atoms with Gasteiger partial charge in [0, 0.05) is 12.7 Å². The minimum atomic E-state index is -0.502. The first kappa shape index (κ1) is 14.7. The lowest BCUT2D eigenvalue weighted by Crippen LogP contribution is -2.16. The molecule has 1 unspecified atom stereocenters. The average Bonchev–Trinajstić information content (AvgIpc) is 2.30. The van der Waals surface area contributed by atoms with Gasteiger partial charge in [0.05, 0.1) is 6.10 Å². The highest BCUT2D eigenvalue weighted by atomic mass is 16.6. The molecule has 0 aliphatic heterocycles. The Morgan fingerprint density at radius 1 is 1.50 bits per heavy atom. The van der Waals surface area contributed by atoms with Gasteiger partial charge in [-0.05, 0) is 20.3 Å².